The summed E-state index contributed by atoms with van der Waals surface area (Å²) in [5, 5.41) is 10.2. The summed E-state index contributed by atoms with van der Waals surface area (Å²) in [7, 11) is 0. The van der Waals surface area contributed by atoms with E-state index in [-0.39, 0.29) is 6.61 Å². The van der Waals surface area contributed by atoms with Gasteiger partial charge in [0.2, 0.25) is 0 Å². The fourth-order valence-electron chi connectivity index (χ4n) is 1.37. The summed E-state index contributed by atoms with van der Waals surface area (Å²) in [5.74, 6) is 1.16. The van der Waals surface area contributed by atoms with E-state index in [0.717, 1.165) is 11.1 Å². The van der Waals surface area contributed by atoms with Crippen LogP contribution in [0.15, 0.2) is 18.2 Å². The summed E-state index contributed by atoms with van der Waals surface area (Å²) in [6.07, 6.45) is 0. The lowest BCUT2D eigenvalue weighted by Crippen LogP contribution is -2.18. The van der Waals surface area contributed by atoms with Gasteiger partial charge >= 0.3 is 0 Å². The molecule has 0 fully saturated rings. The van der Waals surface area contributed by atoms with Crippen LogP contribution in [0.4, 0.5) is 4.39 Å². The monoisotopic (exact) mass is 224 g/mol. The third-order valence-electron chi connectivity index (χ3n) is 2.13. The average molecular weight is 224 g/mol. The Kier molecular flexibility index (Phi) is 4.76. The zero-order valence-corrected chi connectivity index (χ0v) is 9.64. The molecule has 1 aromatic rings. The summed E-state index contributed by atoms with van der Waals surface area (Å²) < 4.78 is 17.2. The van der Waals surface area contributed by atoms with Crippen LogP contribution in [0.5, 0.6) is 5.75 Å². The van der Waals surface area contributed by atoms with E-state index >= 15 is 0 Å². The van der Waals surface area contributed by atoms with Gasteiger partial charge in [-0.1, -0.05) is 12.1 Å². The fraction of sp³-hybridized carbons (Fsp3) is 0.417. The van der Waals surface area contributed by atoms with Crippen molar-refractivity contribution in [3.63, 3.8) is 0 Å². The van der Waals surface area contributed by atoms with E-state index < -0.39 is 6.67 Å². The predicted octanol–water partition coefficient (Wildman–Crippen LogP) is 2.43. The van der Waals surface area contributed by atoms with Gasteiger partial charge in [0.15, 0.2) is 0 Å². The molecule has 0 spiro atoms. The zero-order valence-electron chi connectivity index (χ0n) is 9.64. The number of nitrogens with one attached hydrogen (secondary N) is 2. The Balaban J connectivity index is 2.63. The Hall–Kier alpha value is -1.58. The van der Waals surface area contributed by atoms with Crippen LogP contribution in [-0.4, -0.2) is 19.1 Å². The number of hydrogen-bond acceptors (Lipinski definition) is 2. The van der Waals surface area contributed by atoms with Crippen LogP contribution >= 0.6 is 0 Å². The number of aryl methyl sites for hydroxylation is 1. The van der Waals surface area contributed by atoms with Crippen LogP contribution in [0, 0.1) is 12.3 Å². The molecule has 0 bridgehead atoms. The van der Waals surface area contributed by atoms with Gasteiger partial charge in [-0.05, 0) is 31.0 Å². The van der Waals surface area contributed by atoms with Gasteiger partial charge in [0.05, 0.1) is 5.84 Å². The van der Waals surface area contributed by atoms with Gasteiger partial charge in [-0.15, -0.1) is 0 Å². The van der Waals surface area contributed by atoms with Crippen molar-refractivity contribution in [2.24, 2.45) is 0 Å². The van der Waals surface area contributed by atoms with E-state index in [0.29, 0.717) is 18.1 Å². The van der Waals surface area contributed by atoms with Gasteiger partial charge in [-0.2, -0.15) is 0 Å². The molecule has 0 aliphatic rings. The van der Waals surface area contributed by atoms with Crippen molar-refractivity contribution in [3.05, 3.63) is 29.3 Å². The maximum atomic E-state index is 11.9. The van der Waals surface area contributed by atoms with Crippen molar-refractivity contribution in [3.8, 4) is 5.75 Å². The summed E-state index contributed by atoms with van der Waals surface area (Å²) in [4.78, 5) is 0. The second kappa shape index (κ2) is 6.10. The van der Waals surface area contributed by atoms with Crippen LogP contribution in [-0.2, 0) is 6.54 Å². The molecule has 0 amide bonds. The van der Waals surface area contributed by atoms with E-state index in [1.54, 1.807) is 6.92 Å². The van der Waals surface area contributed by atoms with Gasteiger partial charge in [0, 0.05) is 6.54 Å². The van der Waals surface area contributed by atoms with E-state index in [2.05, 4.69) is 5.32 Å². The minimum atomic E-state index is -0.476. The van der Waals surface area contributed by atoms with E-state index in [4.69, 9.17) is 10.1 Å². The maximum absolute atomic E-state index is 11.9. The summed E-state index contributed by atoms with van der Waals surface area (Å²) >= 11 is 0. The van der Waals surface area contributed by atoms with Gasteiger partial charge < -0.3 is 10.1 Å². The molecule has 0 aliphatic carbocycles. The molecule has 0 aliphatic heterocycles. The van der Waals surface area contributed by atoms with Gasteiger partial charge in [0.1, 0.15) is 19.0 Å². The van der Waals surface area contributed by atoms with Crippen molar-refractivity contribution in [1.29, 1.82) is 5.41 Å². The molecule has 0 radical (unpaired) electrons. The molecule has 1 rings (SSSR count). The van der Waals surface area contributed by atoms with Gasteiger partial charge in [0.25, 0.3) is 0 Å². The lowest BCUT2D eigenvalue weighted by Gasteiger charge is -2.10. The van der Waals surface area contributed by atoms with E-state index in [1.165, 1.54) is 0 Å². The Morgan fingerprint density at radius 2 is 2.25 bits per heavy atom. The lowest BCUT2D eigenvalue weighted by atomic mass is 10.1. The quantitative estimate of drug-likeness (QED) is 0.596. The third kappa shape index (κ3) is 3.88. The predicted molar refractivity (Wildman–Crippen MR) is 62.9 cm³/mol. The standard InChI is InChI=1S/C12H17FN2O/c1-9-7-11(8-15-10(2)14)3-4-12(9)16-6-5-13/h3-4,7H,5-6,8H2,1-2H3,(H2,14,15). The topological polar surface area (TPSA) is 45.1 Å². The number of rotatable bonds is 5. The summed E-state index contributed by atoms with van der Waals surface area (Å²) in [5.41, 5.74) is 2.06. The first-order valence-electron chi connectivity index (χ1n) is 5.21. The van der Waals surface area contributed by atoms with Crippen LogP contribution in [0.3, 0.4) is 0 Å². The molecule has 0 aromatic heterocycles. The Labute approximate surface area is 95.1 Å². The maximum Gasteiger partial charge on any atom is 0.123 e. The fourth-order valence-corrected chi connectivity index (χ4v) is 1.37. The smallest absolute Gasteiger partial charge is 0.123 e. The molecule has 0 saturated carbocycles. The number of benzene rings is 1. The molecule has 16 heavy (non-hydrogen) atoms. The number of halogens is 1. The average Bonchev–Trinajstić information content (AvgIpc) is 2.25. The molecule has 3 nitrogen and oxygen atoms in total. The van der Waals surface area contributed by atoms with Crippen LogP contribution in [0.25, 0.3) is 0 Å². The number of alkyl halides is 1. The Morgan fingerprint density at radius 3 is 2.81 bits per heavy atom. The summed E-state index contributed by atoms with van der Waals surface area (Å²) in [6.45, 7) is 3.87. The van der Waals surface area contributed by atoms with Crippen LogP contribution < -0.4 is 10.1 Å². The highest BCUT2D eigenvalue weighted by molar-refractivity contribution is 5.75. The molecule has 0 unspecified atom stereocenters. The number of amidine groups is 1. The first kappa shape index (κ1) is 12.5. The third-order valence-corrected chi connectivity index (χ3v) is 2.13. The SMILES string of the molecule is CC(=N)NCc1ccc(OCCF)c(C)c1. The highest BCUT2D eigenvalue weighted by Gasteiger charge is 2.01. The largest absolute Gasteiger partial charge is 0.491 e. The molecule has 0 saturated heterocycles. The second-order valence-corrected chi connectivity index (χ2v) is 3.62. The van der Waals surface area contributed by atoms with E-state index in [1.807, 2.05) is 25.1 Å². The van der Waals surface area contributed by atoms with Crippen LogP contribution in [0.1, 0.15) is 18.1 Å². The van der Waals surface area contributed by atoms with Crippen molar-refractivity contribution < 1.29 is 9.13 Å². The molecule has 88 valence electrons. The molecular formula is C12H17FN2O. The second-order valence-electron chi connectivity index (χ2n) is 3.62. The van der Waals surface area contributed by atoms with Crippen molar-refractivity contribution in [1.82, 2.24) is 5.32 Å². The van der Waals surface area contributed by atoms with Crippen molar-refractivity contribution in [2.75, 3.05) is 13.3 Å². The molecule has 2 N–H and O–H groups in total. The molecular weight excluding hydrogens is 207 g/mol. The molecule has 1 aromatic carbocycles. The van der Waals surface area contributed by atoms with Crippen LogP contribution in [0.2, 0.25) is 0 Å². The minimum Gasteiger partial charge on any atom is -0.491 e. The van der Waals surface area contributed by atoms with Crippen molar-refractivity contribution in [2.45, 2.75) is 20.4 Å². The Morgan fingerprint density at radius 1 is 1.50 bits per heavy atom. The first-order valence-corrected chi connectivity index (χ1v) is 5.21. The first-order chi connectivity index (χ1) is 7.63. The lowest BCUT2D eigenvalue weighted by molar-refractivity contribution is 0.272. The number of hydrogen-bond donors (Lipinski definition) is 2. The van der Waals surface area contributed by atoms with Gasteiger partial charge in [-0.3, -0.25) is 5.41 Å². The summed E-state index contributed by atoms with van der Waals surface area (Å²) in [6, 6.07) is 5.72. The van der Waals surface area contributed by atoms with E-state index in [9.17, 15) is 4.39 Å². The van der Waals surface area contributed by atoms with Crippen molar-refractivity contribution >= 4 is 5.84 Å². The molecule has 0 heterocycles. The highest BCUT2D eigenvalue weighted by atomic mass is 19.1. The minimum absolute atomic E-state index is 0.0953. The molecule has 4 heteroatoms. The Bertz CT molecular complexity index is 366. The number of ether oxygens (including phenoxy) is 1. The highest BCUT2D eigenvalue weighted by Crippen LogP contribution is 2.19. The van der Waals surface area contributed by atoms with Gasteiger partial charge in [-0.25, -0.2) is 4.39 Å². The molecule has 0 atom stereocenters. The zero-order chi connectivity index (χ0) is 12.0. The normalized spacial score (nSPS) is 9.94.